The molecule has 0 amide bonds. The van der Waals surface area contributed by atoms with E-state index in [9.17, 15) is 0 Å². The maximum Gasteiger partial charge on any atom is 0.188 e. The van der Waals surface area contributed by atoms with Crippen molar-refractivity contribution in [2.24, 2.45) is 0 Å². The molecule has 0 aliphatic carbocycles. The lowest BCUT2D eigenvalue weighted by Gasteiger charge is -2.12. The lowest BCUT2D eigenvalue weighted by molar-refractivity contribution is 0.120. The Hall–Kier alpha value is -1.53. The van der Waals surface area contributed by atoms with Gasteiger partial charge in [-0.3, -0.25) is 5.10 Å². The van der Waals surface area contributed by atoms with E-state index in [0.717, 1.165) is 35.3 Å². The molecule has 1 unspecified atom stereocenters. The van der Waals surface area contributed by atoms with Crippen LogP contribution in [0.4, 0.5) is 5.69 Å². The first-order valence-corrected chi connectivity index (χ1v) is 7.20. The van der Waals surface area contributed by atoms with Crippen LogP contribution >= 0.6 is 11.8 Å². The van der Waals surface area contributed by atoms with Gasteiger partial charge >= 0.3 is 0 Å². The van der Waals surface area contributed by atoms with Crippen molar-refractivity contribution in [2.45, 2.75) is 29.0 Å². The van der Waals surface area contributed by atoms with Crippen LogP contribution in [0.25, 0.3) is 0 Å². The highest BCUT2D eigenvalue weighted by Gasteiger charge is 2.14. The van der Waals surface area contributed by atoms with Crippen molar-refractivity contribution in [3.05, 3.63) is 30.6 Å². The number of hydrogen-bond acceptors (Lipinski definition) is 5. The number of rotatable bonds is 5. The molecular formula is C13H16N4OS. The second-order valence-corrected chi connectivity index (χ2v) is 5.50. The molecule has 19 heavy (non-hydrogen) atoms. The number of anilines is 1. The van der Waals surface area contributed by atoms with Crippen LogP contribution in [0.5, 0.6) is 0 Å². The molecule has 1 aliphatic heterocycles. The number of nitrogens with zero attached hydrogens (tertiary/aromatic N) is 2. The van der Waals surface area contributed by atoms with E-state index in [0.29, 0.717) is 6.10 Å². The monoisotopic (exact) mass is 276 g/mol. The van der Waals surface area contributed by atoms with Crippen LogP contribution < -0.4 is 5.32 Å². The molecule has 2 heterocycles. The number of aromatic amines is 1. The van der Waals surface area contributed by atoms with Gasteiger partial charge in [-0.25, -0.2) is 4.98 Å². The van der Waals surface area contributed by atoms with Crippen molar-refractivity contribution in [1.82, 2.24) is 15.2 Å². The summed E-state index contributed by atoms with van der Waals surface area (Å²) in [5, 5.41) is 10.9. The van der Waals surface area contributed by atoms with Crippen molar-refractivity contribution < 1.29 is 4.74 Å². The van der Waals surface area contributed by atoms with Crippen molar-refractivity contribution in [3.8, 4) is 0 Å². The summed E-state index contributed by atoms with van der Waals surface area (Å²) in [4.78, 5) is 5.23. The fraction of sp³-hybridized carbons (Fsp3) is 0.385. The van der Waals surface area contributed by atoms with Crippen molar-refractivity contribution in [1.29, 1.82) is 0 Å². The van der Waals surface area contributed by atoms with Crippen molar-refractivity contribution in [2.75, 3.05) is 18.5 Å². The van der Waals surface area contributed by atoms with Gasteiger partial charge in [-0.1, -0.05) is 11.8 Å². The number of H-pyrrole nitrogens is 1. The predicted molar refractivity (Wildman–Crippen MR) is 74.4 cm³/mol. The molecule has 1 atom stereocenters. The minimum Gasteiger partial charge on any atom is -0.382 e. The maximum atomic E-state index is 5.58. The standard InChI is InChI=1S/C13H16N4OS/c1-2-11(18-7-1)8-14-10-3-5-12(6-4-10)19-13-15-9-16-17-13/h3-6,9,11,14H,1-2,7-8H2,(H,15,16,17). The van der Waals surface area contributed by atoms with Gasteiger partial charge in [-0.15, -0.1) is 0 Å². The molecule has 1 fully saturated rings. The highest BCUT2D eigenvalue weighted by atomic mass is 32.2. The molecule has 3 rings (SSSR count). The zero-order valence-corrected chi connectivity index (χ0v) is 11.3. The molecule has 1 aliphatic rings. The summed E-state index contributed by atoms with van der Waals surface area (Å²) in [6.45, 7) is 1.79. The Morgan fingerprint density at radius 3 is 2.95 bits per heavy atom. The normalized spacial score (nSPS) is 18.6. The quantitative estimate of drug-likeness (QED) is 0.878. The lowest BCUT2D eigenvalue weighted by Crippen LogP contribution is -2.18. The third-order valence-electron chi connectivity index (χ3n) is 3.02. The van der Waals surface area contributed by atoms with Gasteiger partial charge in [-0.2, -0.15) is 5.10 Å². The highest BCUT2D eigenvalue weighted by Crippen LogP contribution is 2.25. The Morgan fingerprint density at radius 2 is 2.26 bits per heavy atom. The van der Waals surface area contributed by atoms with Gasteiger partial charge < -0.3 is 10.1 Å². The summed E-state index contributed by atoms with van der Waals surface area (Å²) in [6.07, 6.45) is 4.22. The number of aromatic nitrogens is 3. The molecule has 2 N–H and O–H groups in total. The summed E-state index contributed by atoms with van der Waals surface area (Å²) in [5.41, 5.74) is 1.12. The van der Waals surface area contributed by atoms with Gasteiger partial charge in [0.25, 0.3) is 0 Å². The first kappa shape index (κ1) is 12.5. The molecule has 1 aromatic heterocycles. The molecule has 0 saturated carbocycles. The molecule has 6 heteroatoms. The average Bonchev–Trinajstić information content (AvgIpc) is 3.11. The fourth-order valence-electron chi connectivity index (χ4n) is 2.03. The van der Waals surface area contributed by atoms with Gasteiger partial charge in [0.15, 0.2) is 5.16 Å². The number of hydrogen-bond donors (Lipinski definition) is 2. The largest absolute Gasteiger partial charge is 0.382 e. The Bertz CT molecular complexity index is 494. The topological polar surface area (TPSA) is 62.8 Å². The summed E-state index contributed by atoms with van der Waals surface area (Å²) in [7, 11) is 0. The SMILES string of the molecule is c1n[nH]c(Sc2ccc(NCC3CCCO3)cc2)n1. The van der Waals surface area contributed by atoms with E-state index >= 15 is 0 Å². The summed E-state index contributed by atoms with van der Waals surface area (Å²) >= 11 is 1.56. The molecule has 1 saturated heterocycles. The Kier molecular flexibility index (Phi) is 4.00. The molecule has 0 radical (unpaired) electrons. The van der Waals surface area contributed by atoms with Crippen LogP contribution in [0.1, 0.15) is 12.8 Å². The summed E-state index contributed by atoms with van der Waals surface area (Å²) in [6, 6.07) is 8.30. The van der Waals surface area contributed by atoms with Crippen LogP contribution in [0.2, 0.25) is 0 Å². The molecule has 0 spiro atoms. The van der Waals surface area contributed by atoms with Crippen LogP contribution in [0, 0.1) is 0 Å². The molecule has 2 aromatic rings. The Labute approximate surface area is 116 Å². The second-order valence-electron chi connectivity index (χ2n) is 4.43. The van der Waals surface area contributed by atoms with Crippen LogP contribution in [-0.2, 0) is 4.74 Å². The van der Waals surface area contributed by atoms with E-state index in [4.69, 9.17) is 4.74 Å². The number of nitrogens with one attached hydrogen (secondary N) is 2. The predicted octanol–water partition coefficient (Wildman–Crippen LogP) is 2.55. The van der Waals surface area contributed by atoms with E-state index in [1.807, 2.05) is 0 Å². The van der Waals surface area contributed by atoms with E-state index < -0.39 is 0 Å². The fourth-order valence-corrected chi connectivity index (χ4v) is 2.73. The molecule has 5 nitrogen and oxygen atoms in total. The molecule has 1 aromatic carbocycles. The zero-order valence-electron chi connectivity index (χ0n) is 10.5. The van der Waals surface area contributed by atoms with Gasteiger partial charge in [0.05, 0.1) is 6.10 Å². The van der Waals surface area contributed by atoms with Gasteiger partial charge in [-0.05, 0) is 37.1 Å². The zero-order chi connectivity index (χ0) is 12.9. The van der Waals surface area contributed by atoms with E-state index in [-0.39, 0.29) is 0 Å². The third-order valence-corrected chi connectivity index (χ3v) is 3.92. The minimum atomic E-state index is 0.364. The van der Waals surface area contributed by atoms with Crippen LogP contribution in [0.15, 0.2) is 40.6 Å². The smallest absolute Gasteiger partial charge is 0.188 e. The first-order valence-electron chi connectivity index (χ1n) is 6.39. The number of benzene rings is 1. The Morgan fingerprint density at radius 1 is 1.37 bits per heavy atom. The van der Waals surface area contributed by atoms with E-state index in [2.05, 4.69) is 44.8 Å². The number of ether oxygens (including phenoxy) is 1. The average molecular weight is 276 g/mol. The van der Waals surface area contributed by atoms with Crippen molar-refractivity contribution in [3.63, 3.8) is 0 Å². The molecule has 0 bridgehead atoms. The van der Waals surface area contributed by atoms with Gasteiger partial charge in [0.2, 0.25) is 0 Å². The molecule has 100 valence electrons. The molecular weight excluding hydrogens is 260 g/mol. The Balaban J connectivity index is 1.53. The minimum absolute atomic E-state index is 0.364. The lowest BCUT2D eigenvalue weighted by atomic mass is 10.2. The third kappa shape index (κ3) is 3.48. The first-order chi connectivity index (χ1) is 9.40. The van der Waals surface area contributed by atoms with Crippen LogP contribution in [-0.4, -0.2) is 34.4 Å². The summed E-state index contributed by atoms with van der Waals surface area (Å²) in [5.74, 6) is 0. The second kappa shape index (κ2) is 6.08. The van der Waals surface area contributed by atoms with E-state index in [1.165, 1.54) is 12.7 Å². The maximum absolute atomic E-state index is 5.58. The van der Waals surface area contributed by atoms with Gasteiger partial charge in [0.1, 0.15) is 6.33 Å². The van der Waals surface area contributed by atoms with Gasteiger partial charge in [0, 0.05) is 23.7 Å². The van der Waals surface area contributed by atoms with E-state index in [1.54, 1.807) is 11.8 Å². The summed E-state index contributed by atoms with van der Waals surface area (Å²) < 4.78 is 5.58. The van der Waals surface area contributed by atoms with Crippen molar-refractivity contribution >= 4 is 17.4 Å². The highest BCUT2D eigenvalue weighted by molar-refractivity contribution is 7.99. The van der Waals surface area contributed by atoms with Crippen LogP contribution in [0.3, 0.4) is 0 Å².